The van der Waals surface area contributed by atoms with E-state index in [4.69, 9.17) is 5.11 Å². The average Bonchev–Trinajstić information content (AvgIpc) is 1.90. The number of carbonyl (C=O) groups is 1. The van der Waals surface area contributed by atoms with Gasteiger partial charge in [0.2, 0.25) is 0 Å². The van der Waals surface area contributed by atoms with Gasteiger partial charge in [-0.2, -0.15) is 0 Å². The van der Waals surface area contributed by atoms with Crippen LogP contribution in [0.15, 0.2) is 24.3 Å². The van der Waals surface area contributed by atoms with Gasteiger partial charge in [0, 0.05) is 5.57 Å². The molecule has 0 rings (SSSR count). The Bertz CT molecular complexity index is 134. The van der Waals surface area contributed by atoms with E-state index >= 15 is 0 Å². The van der Waals surface area contributed by atoms with Gasteiger partial charge in [-0.25, -0.2) is 4.79 Å². The first-order valence-corrected chi connectivity index (χ1v) is 3.56. The Kier molecular flexibility index (Phi) is 10.3. The summed E-state index contributed by atoms with van der Waals surface area (Å²) in [5.74, 6) is -0.935. The third kappa shape index (κ3) is 17.6. The summed E-state index contributed by atoms with van der Waals surface area (Å²) in [5.41, 5.74) is 0.176. The molecule has 1 N–H and O–H groups in total. The lowest BCUT2D eigenvalue weighted by atomic mass is 10.4. The first-order valence-electron chi connectivity index (χ1n) is 3.56. The molecule has 0 unspecified atom stereocenters. The van der Waals surface area contributed by atoms with Crippen molar-refractivity contribution in [1.82, 2.24) is 0 Å². The fraction of sp³-hybridized carbons (Fsp3) is 0.444. The molecule has 0 radical (unpaired) electrons. The van der Waals surface area contributed by atoms with Gasteiger partial charge in [0.1, 0.15) is 0 Å². The molecule has 0 aromatic carbocycles. The van der Waals surface area contributed by atoms with Crippen molar-refractivity contribution < 1.29 is 9.90 Å². The topological polar surface area (TPSA) is 37.3 Å². The molecular weight excluding hydrogens is 140 g/mol. The van der Waals surface area contributed by atoms with Crippen LogP contribution < -0.4 is 0 Å². The van der Waals surface area contributed by atoms with Crippen molar-refractivity contribution in [3.63, 3.8) is 0 Å². The van der Waals surface area contributed by atoms with E-state index in [1.807, 2.05) is 6.92 Å². The highest BCUT2D eigenvalue weighted by atomic mass is 16.4. The minimum atomic E-state index is -0.935. The van der Waals surface area contributed by atoms with Crippen LogP contribution in [0.1, 0.15) is 27.2 Å². The van der Waals surface area contributed by atoms with Crippen molar-refractivity contribution in [2.45, 2.75) is 27.2 Å². The summed E-state index contributed by atoms with van der Waals surface area (Å²) in [6.45, 7) is 8.76. The third-order valence-corrected chi connectivity index (χ3v) is 0.836. The number of carboxylic acids is 1. The highest BCUT2D eigenvalue weighted by molar-refractivity contribution is 5.84. The van der Waals surface area contributed by atoms with Crippen LogP contribution in [0.4, 0.5) is 0 Å². The predicted molar refractivity (Wildman–Crippen MR) is 47.6 cm³/mol. The Hall–Kier alpha value is -1.05. The van der Waals surface area contributed by atoms with Gasteiger partial charge in [-0.3, -0.25) is 0 Å². The molecule has 2 heteroatoms. The van der Waals surface area contributed by atoms with Crippen LogP contribution >= 0.6 is 0 Å². The summed E-state index contributed by atoms with van der Waals surface area (Å²) >= 11 is 0. The van der Waals surface area contributed by atoms with Crippen LogP contribution in [0.2, 0.25) is 0 Å². The zero-order valence-corrected chi connectivity index (χ0v) is 7.42. The molecule has 0 spiro atoms. The van der Waals surface area contributed by atoms with Gasteiger partial charge in [-0.15, -0.1) is 0 Å². The van der Waals surface area contributed by atoms with Crippen LogP contribution in [-0.4, -0.2) is 11.1 Å². The molecule has 0 atom stereocenters. The molecule has 0 fully saturated rings. The second-order valence-electron chi connectivity index (χ2n) is 2.06. The number of hydrogen-bond acceptors (Lipinski definition) is 1. The number of allylic oxidation sites excluding steroid dienone is 2. The van der Waals surface area contributed by atoms with Gasteiger partial charge in [-0.1, -0.05) is 25.7 Å². The number of rotatable bonds is 2. The van der Waals surface area contributed by atoms with Crippen LogP contribution in [0.3, 0.4) is 0 Å². The zero-order chi connectivity index (χ0) is 9.28. The van der Waals surface area contributed by atoms with Gasteiger partial charge in [0.25, 0.3) is 0 Å². The van der Waals surface area contributed by atoms with E-state index in [0.717, 1.165) is 6.42 Å². The van der Waals surface area contributed by atoms with Crippen LogP contribution in [0.5, 0.6) is 0 Å². The number of aliphatic carboxylic acids is 1. The lowest BCUT2D eigenvalue weighted by Crippen LogP contribution is -1.92. The zero-order valence-electron chi connectivity index (χ0n) is 7.42. The van der Waals surface area contributed by atoms with E-state index in [1.165, 1.54) is 6.92 Å². The smallest absolute Gasteiger partial charge is 0.330 e. The van der Waals surface area contributed by atoms with E-state index in [2.05, 4.69) is 25.7 Å². The second kappa shape index (κ2) is 8.95. The van der Waals surface area contributed by atoms with Gasteiger partial charge in [0.05, 0.1) is 0 Å². The molecule has 64 valence electrons. The summed E-state index contributed by atoms with van der Waals surface area (Å²) in [7, 11) is 0. The van der Waals surface area contributed by atoms with Crippen LogP contribution in [-0.2, 0) is 4.79 Å². The Morgan fingerprint density at radius 2 is 2.00 bits per heavy atom. The van der Waals surface area contributed by atoms with Crippen molar-refractivity contribution in [2.75, 3.05) is 0 Å². The molecule has 0 aromatic rings. The summed E-state index contributed by atoms with van der Waals surface area (Å²) in [6, 6.07) is 0. The van der Waals surface area contributed by atoms with Crippen molar-refractivity contribution >= 4 is 5.97 Å². The van der Waals surface area contributed by atoms with Gasteiger partial charge in [-0.05, 0) is 20.3 Å². The molecule has 2 nitrogen and oxygen atoms in total. The molecule has 0 aromatic heterocycles. The largest absolute Gasteiger partial charge is 0.478 e. The third-order valence-electron chi connectivity index (χ3n) is 0.836. The van der Waals surface area contributed by atoms with Crippen molar-refractivity contribution in [3.8, 4) is 0 Å². The summed E-state index contributed by atoms with van der Waals surface area (Å²) < 4.78 is 0. The highest BCUT2D eigenvalue weighted by Crippen LogP contribution is 1.81. The fourth-order valence-electron chi connectivity index (χ4n) is 0.236. The molecule has 0 saturated carbocycles. The fourth-order valence-corrected chi connectivity index (χ4v) is 0.236. The molecule has 0 saturated heterocycles. The minimum absolute atomic E-state index is 0.176. The van der Waals surface area contributed by atoms with E-state index in [0.29, 0.717) is 0 Å². The van der Waals surface area contributed by atoms with Crippen molar-refractivity contribution in [1.29, 1.82) is 0 Å². The SMILES string of the molecule is C=C(C)C(=O)O.CC=CCC. The summed E-state index contributed by atoms with van der Waals surface area (Å²) in [6.07, 6.45) is 5.34. The maximum absolute atomic E-state index is 9.60. The average molecular weight is 156 g/mol. The monoisotopic (exact) mass is 156 g/mol. The lowest BCUT2D eigenvalue weighted by Gasteiger charge is -1.79. The van der Waals surface area contributed by atoms with Gasteiger partial charge in [0.15, 0.2) is 0 Å². The van der Waals surface area contributed by atoms with E-state index < -0.39 is 5.97 Å². The normalized spacial score (nSPS) is 8.64. The second-order valence-corrected chi connectivity index (χ2v) is 2.06. The van der Waals surface area contributed by atoms with Crippen LogP contribution in [0, 0.1) is 0 Å². The summed E-state index contributed by atoms with van der Waals surface area (Å²) in [4.78, 5) is 9.60. The Labute approximate surface area is 68.2 Å². The first kappa shape index (κ1) is 12.6. The first-order chi connectivity index (χ1) is 5.06. The van der Waals surface area contributed by atoms with E-state index in [1.54, 1.807) is 0 Å². The predicted octanol–water partition coefficient (Wildman–Crippen LogP) is 2.62. The number of hydrogen-bond donors (Lipinski definition) is 1. The molecular formula is C9H16O2. The van der Waals surface area contributed by atoms with E-state index in [-0.39, 0.29) is 5.57 Å². The maximum atomic E-state index is 9.60. The maximum Gasteiger partial charge on any atom is 0.330 e. The highest BCUT2D eigenvalue weighted by Gasteiger charge is 1.90. The van der Waals surface area contributed by atoms with Crippen molar-refractivity contribution in [2.24, 2.45) is 0 Å². The minimum Gasteiger partial charge on any atom is -0.478 e. The molecule has 0 amide bonds. The molecule has 0 aliphatic carbocycles. The molecule has 0 bridgehead atoms. The van der Waals surface area contributed by atoms with Crippen LogP contribution in [0.25, 0.3) is 0 Å². The number of carboxylic acid groups (broad SMARTS) is 1. The molecule has 0 aliphatic rings. The van der Waals surface area contributed by atoms with Crippen molar-refractivity contribution in [3.05, 3.63) is 24.3 Å². The Morgan fingerprint density at radius 3 is 2.00 bits per heavy atom. The lowest BCUT2D eigenvalue weighted by molar-refractivity contribution is -0.132. The summed E-state index contributed by atoms with van der Waals surface area (Å²) in [5, 5.41) is 7.89. The quantitative estimate of drug-likeness (QED) is 0.493. The van der Waals surface area contributed by atoms with E-state index in [9.17, 15) is 4.79 Å². The molecule has 0 aliphatic heterocycles. The van der Waals surface area contributed by atoms with Gasteiger partial charge >= 0.3 is 5.97 Å². The van der Waals surface area contributed by atoms with Gasteiger partial charge < -0.3 is 5.11 Å². The molecule has 11 heavy (non-hydrogen) atoms. The molecule has 0 heterocycles. The standard InChI is InChI=1S/C5H10.C4H6O2/c1-3-5-4-2;1-3(2)4(5)6/h3,5H,4H2,1-2H3;1H2,2H3,(H,5,6). The Morgan fingerprint density at radius 1 is 1.64 bits per heavy atom. The Balaban J connectivity index is 0.